The molecule has 4 saturated heterocycles. The Kier molecular flexibility index (Phi) is 30.8. The van der Waals surface area contributed by atoms with Crippen LogP contribution in [0.4, 0.5) is 0 Å². The van der Waals surface area contributed by atoms with Gasteiger partial charge in [0.1, 0.15) is 57.5 Å². The molecule has 0 atom stereocenters. The summed E-state index contributed by atoms with van der Waals surface area (Å²) in [6, 6.07) is 52.6. The summed E-state index contributed by atoms with van der Waals surface area (Å²) in [7, 11) is -15.3. The minimum Gasteiger partial charge on any atom is -0.491 e. The van der Waals surface area contributed by atoms with Gasteiger partial charge in [-0.15, -0.1) is 0 Å². The molecule has 13 aromatic rings. The number of piperidine rings is 4. The van der Waals surface area contributed by atoms with E-state index in [0.717, 1.165) is 99.9 Å². The van der Waals surface area contributed by atoms with Gasteiger partial charge >= 0.3 is 5.65 Å². The van der Waals surface area contributed by atoms with Crippen LogP contribution in [0.2, 0.25) is 25.7 Å². The zero-order chi connectivity index (χ0) is 92.4. The van der Waals surface area contributed by atoms with E-state index >= 15 is 0 Å². The van der Waals surface area contributed by atoms with E-state index in [-0.39, 0.29) is 53.0 Å². The normalized spacial score (nSPS) is 16.1. The van der Waals surface area contributed by atoms with Gasteiger partial charge in [-0.1, -0.05) is 42.6 Å². The number of ether oxygens (including phenoxy) is 5. The van der Waals surface area contributed by atoms with Crippen molar-refractivity contribution in [1.82, 2.24) is 51.3 Å². The molecule has 690 valence electrons. The Morgan fingerprint density at radius 3 is 1.25 bits per heavy atom. The summed E-state index contributed by atoms with van der Waals surface area (Å²) < 4.78 is 145. The van der Waals surface area contributed by atoms with Crippen molar-refractivity contribution >= 4 is 114 Å². The van der Waals surface area contributed by atoms with Gasteiger partial charge in [0, 0.05) is 125 Å². The van der Waals surface area contributed by atoms with Crippen molar-refractivity contribution in [3.05, 3.63) is 252 Å². The molecule has 0 amide bonds. The van der Waals surface area contributed by atoms with E-state index in [1.807, 2.05) is 129 Å². The summed E-state index contributed by atoms with van der Waals surface area (Å²) >= 11 is 3.43. The van der Waals surface area contributed by atoms with Crippen LogP contribution in [0.15, 0.2) is 243 Å². The molecule has 0 bridgehead atoms. The van der Waals surface area contributed by atoms with Crippen molar-refractivity contribution in [2.45, 2.75) is 207 Å². The Hall–Kier alpha value is -10.2. The van der Waals surface area contributed by atoms with Crippen molar-refractivity contribution in [2.75, 3.05) is 59.0 Å². The van der Waals surface area contributed by atoms with Gasteiger partial charge in [-0.25, -0.2) is 53.6 Å². The summed E-state index contributed by atoms with van der Waals surface area (Å²) in [4.78, 5) is 34.4. The minimum absolute atomic E-state index is 0.0201. The number of hydrogen-bond donors (Lipinski definition) is 3. The lowest BCUT2D eigenvalue weighted by Gasteiger charge is -2.31. The molecule has 27 nitrogen and oxygen atoms in total. The van der Waals surface area contributed by atoms with E-state index in [2.05, 4.69) is 83.4 Å². The SMILES string of the molecule is CC(C)Oc1ccc(S(=O)(=O)N2CCC(c3c[nH]c4c3ccc[n+]4O)CC2)cc1.CC(C)Oc1ccc(S(=O)(=O)N2CCC(c3c[nH]c4ncccc34)CC2)cc1.CC(C)Oc1ccc(S(=O)(=O)N2CCC(c3cn(C(=O)c4ccccc4)c4nc(Br)ccc34)CC2)cc1.CC(C)Oc1ccc(S(=O)(=O)N2CCC(c3cn(COCC[Si](C)(C)C)c4ncccc34)CC2)cc1. The second-order valence-electron chi connectivity index (χ2n) is 35.7. The van der Waals surface area contributed by atoms with E-state index in [4.69, 9.17) is 23.7 Å². The van der Waals surface area contributed by atoms with Crippen molar-refractivity contribution in [3.8, 4) is 23.0 Å². The number of aromatic nitrogens is 8. The maximum absolute atomic E-state index is 13.3. The molecule has 130 heavy (non-hydrogen) atoms. The van der Waals surface area contributed by atoms with E-state index in [1.54, 1.807) is 149 Å². The van der Waals surface area contributed by atoms with Crippen LogP contribution in [0.1, 0.15) is 163 Å². The molecule has 3 N–H and O–H groups in total. The van der Waals surface area contributed by atoms with Gasteiger partial charge in [0.15, 0.2) is 0 Å². The summed E-state index contributed by atoms with van der Waals surface area (Å²) in [5.41, 5.74) is 8.25. The molecule has 0 radical (unpaired) electrons. The van der Waals surface area contributed by atoms with E-state index in [9.17, 15) is 43.7 Å². The Morgan fingerprint density at radius 2 is 0.823 bits per heavy atom. The fourth-order valence-corrected chi connectivity index (χ4v) is 24.2. The molecule has 12 heterocycles. The first-order chi connectivity index (χ1) is 62.1. The Morgan fingerprint density at radius 1 is 0.446 bits per heavy atom. The second kappa shape index (κ2) is 41.7. The van der Waals surface area contributed by atoms with Crippen molar-refractivity contribution in [1.29, 1.82) is 0 Å². The predicted octanol–water partition coefficient (Wildman–Crippen LogP) is 18.5. The van der Waals surface area contributed by atoms with Crippen LogP contribution >= 0.6 is 15.9 Å². The maximum Gasteiger partial charge on any atom is 0.326 e. The number of carbonyl (C=O) groups excluding carboxylic acids is 1. The number of aromatic amines is 2. The van der Waals surface area contributed by atoms with Crippen LogP contribution in [0.25, 0.3) is 44.1 Å². The first kappa shape index (κ1) is 95.9. The molecule has 8 aromatic heterocycles. The molecular weight excluding hydrogens is 1810 g/mol. The summed E-state index contributed by atoms with van der Waals surface area (Å²) in [5, 5.41) is 14.1. The number of nitrogens with zero attached hydrogens (tertiary/aromatic N) is 10. The quantitative estimate of drug-likeness (QED) is 0.0149. The fourth-order valence-electron chi connectivity index (χ4n) is 17.2. The number of nitrogens with one attached hydrogen (secondary N) is 2. The van der Waals surface area contributed by atoms with Crippen LogP contribution in [0, 0.1) is 0 Å². The van der Waals surface area contributed by atoms with Gasteiger partial charge in [-0.3, -0.25) is 9.36 Å². The number of hydrogen-bond acceptors (Lipinski definition) is 18. The molecule has 17 rings (SSSR count). The topological polar surface area (TPSA) is 317 Å². The van der Waals surface area contributed by atoms with Crippen LogP contribution in [0.5, 0.6) is 23.0 Å². The predicted molar refractivity (Wildman–Crippen MR) is 511 cm³/mol. The highest BCUT2D eigenvalue weighted by molar-refractivity contribution is 9.10. The summed E-state index contributed by atoms with van der Waals surface area (Å²) in [6.07, 6.45) is 19.2. The fraction of sp³-hybridized carbons (Fsp3) is 0.392. The van der Waals surface area contributed by atoms with E-state index < -0.39 is 48.2 Å². The Bertz CT molecular complexity index is 6500. The molecule has 0 spiro atoms. The lowest BCUT2D eigenvalue weighted by Crippen LogP contribution is -2.37. The largest absolute Gasteiger partial charge is 0.491 e. The minimum atomic E-state index is -3.61. The smallest absolute Gasteiger partial charge is 0.326 e. The number of H-pyrrole nitrogens is 2. The highest BCUT2D eigenvalue weighted by atomic mass is 79.9. The van der Waals surface area contributed by atoms with Gasteiger partial charge in [0.05, 0.1) is 55.6 Å². The molecule has 4 fully saturated rings. The third kappa shape index (κ3) is 22.9. The number of carbonyl (C=O) groups is 1. The first-order valence-electron chi connectivity index (χ1n) is 44.6. The van der Waals surface area contributed by atoms with Crippen molar-refractivity contribution in [2.24, 2.45) is 0 Å². The van der Waals surface area contributed by atoms with Gasteiger partial charge in [0.2, 0.25) is 40.1 Å². The molecule has 0 unspecified atom stereocenters. The van der Waals surface area contributed by atoms with Gasteiger partial charge < -0.3 is 38.4 Å². The van der Waals surface area contributed by atoms with Gasteiger partial charge in [-0.2, -0.15) is 17.2 Å². The highest BCUT2D eigenvalue weighted by Crippen LogP contribution is 2.41. The molecule has 4 aliphatic rings. The van der Waals surface area contributed by atoms with E-state index in [0.29, 0.717) is 137 Å². The number of sulfonamides is 4. The van der Waals surface area contributed by atoms with Crippen LogP contribution in [0.3, 0.4) is 0 Å². The van der Waals surface area contributed by atoms with Gasteiger partial charge in [-0.05, 0) is 327 Å². The van der Waals surface area contributed by atoms with Crippen molar-refractivity contribution in [3.63, 3.8) is 0 Å². The number of fused-ring (bicyclic) bond motifs is 4. The van der Waals surface area contributed by atoms with Crippen LogP contribution < -0.4 is 23.7 Å². The zero-order valence-corrected chi connectivity index (χ0v) is 81.3. The third-order valence-corrected chi connectivity index (χ3v) is 33.6. The Balaban J connectivity index is 0.000000141. The lowest BCUT2D eigenvalue weighted by atomic mass is 9.90. The van der Waals surface area contributed by atoms with Crippen molar-refractivity contribution < 1.29 is 72.1 Å². The molecule has 33 heteroatoms. The molecule has 4 aliphatic heterocycles. The molecular formula is C97H118BrN12O15S4Si+. The Labute approximate surface area is 772 Å². The number of pyridine rings is 4. The first-order valence-corrected chi connectivity index (χ1v) is 54.8. The molecule has 5 aromatic carbocycles. The lowest BCUT2D eigenvalue weighted by molar-refractivity contribution is -0.885. The standard InChI is InChI=1S/C28H28BrN3O4S.C27H39N3O4SSi.C21H25N3O4S.C21H25N3O3S/c1-19(2)36-22-8-10-23(11-9-22)37(34,35)31-16-14-20(15-17-31)25-18-32(27-24(25)12-13-26(29)30-27)28(33)21-6-4-3-5-7-21;1-21(2)34-23-8-10-24(11-9-23)35(31,32)30-15-12-22(13-16-30)26-19-29(20-33-17-18-36(3,4)5)27-25(26)7-6-14-28-27;1-15(2)28-17-5-7-18(8-6-17)29(26,27)23-12-9-16(10-13-23)20-14-22-21-19(20)4-3-11-24(21)25;1-15(2)27-17-5-7-18(8-6-17)28(25,26)24-12-9-16(10-13-24)20-14-23-21-19(20)4-3-11-22-21/h3-13,18-20H,14-17H2,1-2H3;6-11,14,19,21-22H,12-13,15-18,20H2,1-5H3;3-8,11,14-16,25H,9-10,12-13H2,1-2H3;3-8,11,14-16H,9-10,12-13H2,1-2H3,(H,22,23)/p+1. The zero-order valence-electron chi connectivity index (χ0n) is 75.5. The van der Waals surface area contributed by atoms with E-state index in [1.165, 1.54) is 11.1 Å². The average molecular weight is 1930 g/mol. The van der Waals surface area contributed by atoms with Gasteiger partial charge in [0.25, 0.3) is 5.91 Å². The summed E-state index contributed by atoms with van der Waals surface area (Å²) in [6.45, 7) is 27.6. The molecule has 0 saturated carbocycles. The average Bonchev–Trinajstić information content (AvgIpc) is 1.59. The monoisotopic (exact) mass is 1930 g/mol. The highest BCUT2D eigenvalue weighted by Gasteiger charge is 2.37. The second-order valence-corrected chi connectivity index (χ2v) is 49.9. The van der Waals surface area contributed by atoms with Crippen LogP contribution in [-0.4, -0.2) is 188 Å². The summed E-state index contributed by atoms with van der Waals surface area (Å²) in [5.74, 6) is 3.51. The number of benzene rings is 5. The number of rotatable bonds is 26. The molecule has 0 aliphatic carbocycles. The number of halogens is 1. The maximum atomic E-state index is 13.3. The van der Waals surface area contributed by atoms with Crippen LogP contribution in [-0.2, 0) is 51.6 Å². The third-order valence-electron chi connectivity index (χ3n) is 23.8.